The first-order valence-corrected chi connectivity index (χ1v) is 7.49. The van der Waals surface area contributed by atoms with Gasteiger partial charge in [-0.3, -0.25) is 4.98 Å². The fourth-order valence-electron chi connectivity index (χ4n) is 1.71. The van der Waals surface area contributed by atoms with Gasteiger partial charge in [-0.1, -0.05) is 0 Å². The maximum Gasteiger partial charge on any atom is 0.244 e. The molecule has 0 aliphatic heterocycles. The predicted octanol–water partition coefficient (Wildman–Crippen LogP) is 1.51. The molecule has 2 heterocycles. The van der Waals surface area contributed by atoms with E-state index < -0.39 is 10.0 Å². The molecule has 0 aliphatic rings. The third kappa shape index (κ3) is 3.44. The number of hydrogen-bond donors (Lipinski definition) is 0. The highest BCUT2D eigenvalue weighted by atomic mass is 32.2. The van der Waals surface area contributed by atoms with Crippen LogP contribution in [0.5, 0.6) is 0 Å². The molecule has 0 atom stereocenters. The predicted molar refractivity (Wildman–Crippen MR) is 72.4 cm³/mol. The Kier molecular flexibility index (Phi) is 4.89. The molecule has 0 radical (unpaired) electrons. The quantitative estimate of drug-likeness (QED) is 0.774. The first-order chi connectivity index (χ1) is 9.64. The van der Waals surface area contributed by atoms with E-state index in [1.54, 1.807) is 12.1 Å². The fraction of sp³-hybridized carbons (Fsp3) is 0.308. The molecule has 2 aromatic heterocycles. The molecule has 0 unspecified atom stereocenters. The van der Waals surface area contributed by atoms with Crippen molar-refractivity contribution < 1.29 is 17.6 Å². The van der Waals surface area contributed by atoms with Gasteiger partial charge in [-0.05, 0) is 18.2 Å². The summed E-state index contributed by atoms with van der Waals surface area (Å²) in [5.74, 6) is 0. The van der Waals surface area contributed by atoms with Crippen molar-refractivity contribution in [1.29, 1.82) is 0 Å². The van der Waals surface area contributed by atoms with Crippen molar-refractivity contribution in [3.05, 3.63) is 48.7 Å². The molecule has 108 valence electrons. The van der Waals surface area contributed by atoms with Gasteiger partial charge in [0.2, 0.25) is 10.0 Å². The van der Waals surface area contributed by atoms with Gasteiger partial charge in [0.25, 0.3) is 0 Å². The zero-order valence-corrected chi connectivity index (χ0v) is 11.9. The van der Waals surface area contributed by atoms with Crippen LogP contribution in [-0.4, -0.2) is 38.0 Å². The molecule has 0 saturated heterocycles. The summed E-state index contributed by atoms with van der Waals surface area (Å²) in [5.41, 5.74) is 0.786. The van der Waals surface area contributed by atoms with Crippen LogP contribution < -0.4 is 0 Å². The molecule has 0 N–H and O–H groups in total. The van der Waals surface area contributed by atoms with Crippen LogP contribution in [0.25, 0.3) is 0 Å². The maximum atomic E-state index is 12.6. The van der Waals surface area contributed by atoms with E-state index in [2.05, 4.69) is 4.98 Å². The fourth-order valence-corrected chi connectivity index (χ4v) is 3.09. The van der Waals surface area contributed by atoms with Gasteiger partial charge in [0.15, 0.2) is 0 Å². The standard InChI is InChI=1S/C13H16N2O4S/c1-18-8-6-15(10-12-4-7-19-11-12)20(16,17)13-3-2-5-14-9-13/h2-5,7,9,11H,6,8,10H2,1H3. The van der Waals surface area contributed by atoms with Gasteiger partial charge in [-0.15, -0.1) is 0 Å². The average Bonchev–Trinajstić information content (AvgIpc) is 2.97. The molecule has 6 nitrogen and oxygen atoms in total. The van der Waals surface area contributed by atoms with Crippen LogP contribution in [-0.2, 0) is 21.3 Å². The van der Waals surface area contributed by atoms with Crippen molar-refractivity contribution in [3.8, 4) is 0 Å². The average molecular weight is 296 g/mol. The second-order valence-electron chi connectivity index (χ2n) is 4.15. The number of methoxy groups -OCH3 is 1. The lowest BCUT2D eigenvalue weighted by Crippen LogP contribution is -2.33. The molecule has 7 heteroatoms. The Bertz CT molecular complexity index is 611. The van der Waals surface area contributed by atoms with E-state index in [1.165, 1.54) is 42.4 Å². The largest absolute Gasteiger partial charge is 0.472 e. The maximum absolute atomic E-state index is 12.6. The Morgan fingerprint density at radius 2 is 2.25 bits per heavy atom. The van der Waals surface area contributed by atoms with Crippen molar-refractivity contribution >= 4 is 10.0 Å². The Labute approximate surface area is 118 Å². The molecule has 0 saturated carbocycles. The monoisotopic (exact) mass is 296 g/mol. The summed E-state index contributed by atoms with van der Waals surface area (Å²) in [6.45, 7) is 0.813. The topological polar surface area (TPSA) is 72.6 Å². The van der Waals surface area contributed by atoms with Crippen LogP contribution in [0.3, 0.4) is 0 Å². The second kappa shape index (κ2) is 6.65. The first-order valence-electron chi connectivity index (χ1n) is 6.05. The highest BCUT2D eigenvalue weighted by molar-refractivity contribution is 7.89. The number of nitrogens with zero attached hydrogens (tertiary/aromatic N) is 2. The van der Waals surface area contributed by atoms with Crippen molar-refractivity contribution in [2.45, 2.75) is 11.4 Å². The molecule has 0 fully saturated rings. The number of sulfonamides is 1. The minimum absolute atomic E-state index is 0.166. The zero-order valence-electron chi connectivity index (χ0n) is 11.1. The summed E-state index contributed by atoms with van der Waals surface area (Å²) in [7, 11) is -2.07. The highest BCUT2D eigenvalue weighted by Crippen LogP contribution is 2.17. The van der Waals surface area contributed by atoms with E-state index in [0.29, 0.717) is 6.61 Å². The van der Waals surface area contributed by atoms with Gasteiger partial charge < -0.3 is 9.15 Å². The summed E-state index contributed by atoms with van der Waals surface area (Å²) >= 11 is 0. The van der Waals surface area contributed by atoms with E-state index in [0.717, 1.165) is 5.56 Å². The van der Waals surface area contributed by atoms with Gasteiger partial charge in [0, 0.05) is 38.2 Å². The normalized spacial score (nSPS) is 11.9. The third-order valence-corrected chi connectivity index (χ3v) is 4.58. The summed E-state index contributed by atoms with van der Waals surface area (Å²) in [5, 5.41) is 0. The third-order valence-electron chi connectivity index (χ3n) is 2.76. The van der Waals surface area contributed by atoms with E-state index in [-0.39, 0.29) is 18.0 Å². The molecular weight excluding hydrogens is 280 g/mol. The number of aromatic nitrogens is 1. The minimum Gasteiger partial charge on any atom is -0.472 e. The molecular formula is C13H16N2O4S. The Hall–Kier alpha value is -1.70. The molecule has 2 rings (SSSR count). The molecule has 0 aliphatic carbocycles. The minimum atomic E-state index is -3.60. The molecule has 2 aromatic rings. The summed E-state index contributed by atoms with van der Waals surface area (Å²) in [4.78, 5) is 4.02. The number of rotatable bonds is 7. The van der Waals surface area contributed by atoms with Gasteiger partial charge in [0.1, 0.15) is 4.90 Å². The van der Waals surface area contributed by atoms with Gasteiger partial charge >= 0.3 is 0 Å². The lowest BCUT2D eigenvalue weighted by atomic mass is 10.3. The van der Waals surface area contributed by atoms with Gasteiger partial charge in [-0.2, -0.15) is 4.31 Å². The van der Waals surface area contributed by atoms with E-state index in [9.17, 15) is 8.42 Å². The second-order valence-corrected chi connectivity index (χ2v) is 6.09. The molecule has 0 aromatic carbocycles. The molecule has 0 bridgehead atoms. The lowest BCUT2D eigenvalue weighted by Gasteiger charge is -2.21. The Morgan fingerprint density at radius 1 is 1.40 bits per heavy atom. The number of furan rings is 1. The van der Waals surface area contributed by atoms with Crippen LogP contribution >= 0.6 is 0 Å². The van der Waals surface area contributed by atoms with Crippen molar-refractivity contribution in [3.63, 3.8) is 0 Å². The number of hydrogen-bond acceptors (Lipinski definition) is 5. The van der Waals surface area contributed by atoms with Gasteiger partial charge in [0.05, 0.1) is 19.1 Å². The van der Waals surface area contributed by atoms with Gasteiger partial charge in [-0.25, -0.2) is 8.42 Å². The highest BCUT2D eigenvalue weighted by Gasteiger charge is 2.24. The van der Waals surface area contributed by atoms with E-state index in [4.69, 9.17) is 9.15 Å². The number of pyridine rings is 1. The smallest absolute Gasteiger partial charge is 0.244 e. The van der Waals surface area contributed by atoms with E-state index >= 15 is 0 Å². The summed E-state index contributed by atoms with van der Waals surface area (Å²) in [6.07, 6.45) is 5.91. The number of ether oxygens (including phenoxy) is 1. The summed E-state index contributed by atoms with van der Waals surface area (Å²) in [6, 6.07) is 4.86. The lowest BCUT2D eigenvalue weighted by molar-refractivity contribution is 0.177. The molecule has 20 heavy (non-hydrogen) atoms. The summed E-state index contributed by atoms with van der Waals surface area (Å²) < 4.78 is 36.4. The molecule has 0 amide bonds. The Balaban J connectivity index is 2.25. The Morgan fingerprint density at radius 3 is 2.85 bits per heavy atom. The van der Waals surface area contributed by atoms with Crippen LogP contribution in [0.15, 0.2) is 52.4 Å². The zero-order chi connectivity index (χ0) is 14.4. The van der Waals surface area contributed by atoms with Crippen molar-refractivity contribution in [2.24, 2.45) is 0 Å². The van der Waals surface area contributed by atoms with Crippen LogP contribution in [0.2, 0.25) is 0 Å². The first kappa shape index (κ1) is 14.7. The van der Waals surface area contributed by atoms with Crippen LogP contribution in [0, 0.1) is 0 Å². The van der Waals surface area contributed by atoms with Crippen molar-refractivity contribution in [2.75, 3.05) is 20.3 Å². The van der Waals surface area contributed by atoms with Crippen LogP contribution in [0.1, 0.15) is 5.56 Å². The molecule has 0 spiro atoms. The van der Waals surface area contributed by atoms with E-state index in [1.807, 2.05) is 0 Å². The SMILES string of the molecule is COCCN(Cc1ccoc1)S(=O)(=O)c1cccnc1. The van der Waals surface area contributed by atoms with Crippen molar-refractivity contribution in [1.82, 2.24) is 9.29 Å². The van der Waals surface area contributed by atoms with Crippen LogP contribution in [0.4, 0.5) is 0 Å².